The Labute approximate surface area is 235 Å². The van der Waals surface area contributed by atoms with Crippen LogP contribution in [0.2, 0.25) is 0 Å². The molecule has 41 heavy (non-hydrogen) atoms. The summed E-state index contributed by atoms with van der Waals surface area (Å²) in [5, 5.41) is 8.12. The summed E-state index contributed by atoms with van der Waals surface area (Å²) >= 11 is 0. The van der Waals surface area contributed by atoms with E-state index in [4.69, 9.17) is 4.74 Å². The van der Waals surface area contributed by atoms with Crippen molar-refractivity contribution in [2.24, 2.45) is 0 Å². The summed E-state index contributed by atoms with van der Waals surface area (Å²) < 4.78 is 47.1. The van der Waals surface area contributed by atoms with Crippen molar-refractivity contribution >= 4 is 46.3 Å². The molecule has 0 saturated carbocycles. The van der Waals surface area contributed by atoms with Crippen molar-refractivity contribution < 1.29 is 27.5 Å². The van der Waals surface area contributed by atoms with Crippen LogP contribution in [0.25, 0.3) is 0 Å². The Kier molecular flexibility index (Phi) is 8.77. The van der Waals surface area contributed by atoms with Crippen LogP contribution in [-0.4, -0.2) is 59.5 Å². The number of hydrogen-bond donors (Lipinski definition) is 3. The highest BCUT2D eigenvalue weighted by atomic mass is 19.4. The molecule has 3 heterocycles. The quantitative estimate of drug-likeness (QED) is 0.349. The summed E-state index contributed by atoms with van der Waals surface area (Å²) in [6, 6.07) is 11.1. The van der Waals surface area contributed by atoms with Crippen LogP contribution in [0.3, 0.4) is 0 Å². The summed E-state index contributed by atoms with van der Waals surface area (Å²) in [4.78, 5) is 35.8. The van der Waals surface area contributed by atoms with Gasteiger partial charge in [-0.3, -0.25) is 14.5 Å². The van der Waals surface area contributed by atoms with Gasteiger partial charge in [0, 0.05) is 35.9 Å². The molecule has 2 aromatic carbocycles. The average molecular weight is 570 g/mol. The van der Waals surface area contributed by atoms with Crippen molar-refractivity contribution in [2.75, 3.05) is 47.6 Å². The molecule has 0 radical (unpaired) electrons. The number of benzene rings is 2. The van der Waals surface area contributed by atoms with Gasteiger partial charge in [-0.25, -0.2) is 4.98 Å². The first-order valence-corrected chi connectivity index (χ1v) is 12.9. The minimum atomic E-state index is -4.72. The van der Waals surface area contributed by atoms with Crippen LogP contribution in [0, 0.1) is 0 Å². The second-order valence-corrected chi connectivity index (χ2v) is 9.09. The van der Waals surface area contributed by atoms with Crippen LogP contribution < -0.4 is 25.6 Å². The van der Waals surface area contributed by atoms with Crippen molar-refractivity contribution in [2.45, 2.75) is 26.1 Å². The number of halogens is 3. The molecule has 1 atom stereocenters. The van der Waals surface area contributed by atoms with E-state index >= 15 is 0 Å². The van der Waals surface area contributed by atoms with Gasteiger partial charge < -0.3 is 25.6 Å². The fourth-order valence-corrected chi connectivity index (χ4v) is 4.45. The smallest absolute Gasteiger partial charge is 0.421 e. The van der Waals surface area contributed by atoms with E-state index in [0.29, 0.717) is 48.7 Å². The molecular weight excluding hydrogens is 539 g/mol. The number of amides is 2. The van der Waals surface area contributed by atoms with Gasteiger partial charge in [-0.2, -0.15) is 18.2 Å². The monoisotopic (exact) mass is 569 g/mol. The predicted molar refractivity (Wildman–Crippen MR) is 151 cm³/mol. The van der Waals surface area contributed by atoms with Gasteiger partial charge in [0.2, 0.25) is 17.8 Å². The number of carbonyl (C=O) groups is 2. The summed E-state index contributed by atoms with van der Waals surface area (Å²) in [5.41, 5.74) is 0.659. The van der Waals surface area contributed by atoms with Gasteiger partial charge >= 0.3 is 6.18 Å². The Bertz CT molecular complexity index is 1450. The minimum absolute atomic E-state index is 0.0334. The van der Waals surface area contributed by atoms with E-state index in [1.807, 2.05) is 25.8 Å². The van der Waals surface area contributed by atoms with E-state index in [9.17, 15) is 22.8 Å². The van der Waals surface area contributed by atoms with E-state index in [2.05, 4.69) is 32.5 Å². The Morgan fingerprint density at radius 3 is 2.59 bits per heavy atom. The van der Waals surface area contributed by atoms with Crippen LogP contribution >= 0.6 is 0 Å². The van der Waals surface area contributed by atoms with E-state index in [0.717, 1.165) is 6.08 Å². The molecule has 5 rings (SSSR count). The van der Waals surface area contributed by atoms with Gasteiger partial charge in [-0.1, -0.05) is 26.5 Å². The molecule has 1 aromatic heterocycles. The van der Waals surface area contributed by atoms with Crippen molar-refractivity contribution in [3.63, 3.8) is 0 Å². The maximum atomic E-state index is 13.7. The number of rotatable bonds is 6. The van der Waals surface area contributed by atoms with Crippen molar-refractivity contribution in [3.05, 3.63) is 66.9 Å². The molecule has 0 spiro atoms. The van der Waals surface area contributed by atoms with Crippen LogP contribution in [0.5, 0.6) is 5.75 Å². The summed E-state index contributed by atoms with van der Waals surface area (Å²) in [5.74, 6) is -0.594. The van der Waals surface area contributed by atoms with Crippen molar-refractivity contribution in [3.8, 4) is 5.75 Å². The Balaban J connectivity index is 0.00000189. The number of ether oxygens (including phenoxy) is 1. The number of alkyl halides is 3. The molecule has 216 valence electrons. The molecular formula is C28H30F3N7O3. The first-order chi connectivity index (χ1) is 19.6. The molecule has 13 heteroatoms. The van der Waals surface area contributed by atoms with Crippen LogP contribution in [0.15, 0.2) is 61.3 Å². The molecule has 2 aliphatic rings. The SMILES string of the molecule is C=CC(=O)Nc1cccc(Nc2nc(Nc3ccc4c(c3)OCC3CN(C)CC(=O)N43)ncc2C(F)(F)F)c1.CC. The molecule has 0 aliphatic carbocycles. The Morgan fingerprint density at radius 1 is 1.12 bits per heavy atom. The standard InChI is InChI=1S/C26H24F3N7O3.C2H6/c1-3-22(37)31-15-5-4-6-16(9-15)32-24-19(26(27,28)29)11-30-25(34-24)33-17-7-8-20-21(10-17)39-14-18-12-35(2)13-23(38)36(18)20;1-2/h3-11,18H,1,12-14H2,2H3,(H,31,37)(H2,30,32,33,34);1-2H3. The van der Waals surface area contributed by atoms with Crippen molar-refractivity contribution in [1.82, 2.24) is 14.9 Å². The number of anilines is 6. The molecule has 2 amide bonds. The van der Waals surface area contributed by atoms with E-state index in [1.165, 1.54) is 12.1 Å². The van der Waals surface area contributed by atoms with Gasteiger partial charge in [-0.05, 0) is 43.5 Å². The van der Waals surface area contributed by atoms with Gasteiger partial charge in [0.25, 0.3) is 0 Å². The van der Waals surface area contributed by atoms with Gasteiger partial charge in [0.05, 0.1) is 18.3 Å². The lowest BCUT2D eigenvalue weighted by molar-refractivity contribution is -0.137. The number of carbonyl (C=O) groups excluding carboxylic acids is 2. The highest BCUT2D eigenvalue weighted by Crippen LogP contribution is 2.39. The van der Waals surface area contributed by atoms with Crippen LogP contribution in [0.1, 0.15) is 19.4 Å². The van der Waals surface area contributed by atoms with E-state index in [-0.39, 0.29) is 23.6 Å². The largest absolute Gasteiger partial charge is 0.489 e. The lowest BCUT2D eigenvalue weighted by Crippen LogP contribution is -2.59. The summed E-state index contributed by atoms with van der Waals surface area (Å²) in [6.45, 7) is 8.68. The summed E-state index contributed by atoms with van der Waals surface area (Å²) in [7, 11) is 1.88. The number of likely N-dealkylation sites (N-methyl/N-ethyl adjacent to an activating group) is 1. The second kappa shape index (κ2) is 12.3. The Morgan fingerprint density at radius 2 is 1.85 bits per heavy atom. The van der Waals surface area contributed by atoms with Crippen LogP contribution in [0.4, 0.5) is 47.7 Å². The zero-order valence-corrected chi connectivity index (χ0v) is 22.7. The highest BCUT2D eigenvalue weighted by molar-refractivity contribution is 5.99. The maximum absolute atomic E-state index is 13.7. The normalized spacial score (nSPS) is 16.3. The minimum Gasteiger partial charge on any atom is -0.489 e. The first-order valence-electron chi connectivity index (χ1n) is 12.9. The maximum Gasteiger partial charge on any atom is 0.421 e. The zero-order valence-electron chi connectivity index (χ0n) is 22.7. The van der Waals surface area contributed by atoms with Gasteiger partial charge in [-0.15, -0.1) is 0 Å². The highest BCUT2D eigenvalue weighted by Gasteiger charge is 2.37. The number of nitrogens with one attached hydrogen (secondary N) is 3. The van der Waals surface area contributed by atoms with Gasteiger partial charge in [0.15, 0.2) is 0 Å². The van der Waals surface area contributed by atoms with Crippen LogP contribution in [-0.2, 0) is 15.8 Å². The fourth-order valence-electron chi connectivity index (χ4n) is 4.45. The molecule has 3 N–H and O–H groups in total. The third-order valence-corrected chi connectivity index (χ3v) is 6.14. The third kappa shape index (κ3) is 6.74. The molecule has 2 aliphatic heterocycles. The molecule has 0 bridgehead atoms. The Hall–Kier alpha value is -4.65. The first kappa shape index (κ1) is 29.3. The molecule has 3 aromatic rings. The molecule has 1 saturated heterocycles. The lowest BCUT2D eigenvalue weighted by Gasteiger charge is -2.43. The zero-order chi connectivity index (χ0) is 29.7. The lowest BCUT2D eigenvalue weighted by atomic mass is 10.1. The second-order valence-electron chi connectivity index (χ2n) is 9.09. The van der Waals surface area contributed by atoms with Crippen molar-refractivity contribution in [1.29, 1.82) is 0 Å². The number of aromatic nitrogens is 2. The number of fused-ring (bicyclic) bond motifs is 3. The summed E-state index contributed by atoms with van der Waals surface area (Å²) in [6.07, 6.45) is -2.96. The number of hydrogen-bond acceptors (Lipinski definition) is 8. The topological polar surface area (TPSA) is 112 Å². The van der Waals surface area contributed by atoms with Gasteiger partial charge in [0.1, 0.15) is 23.7 Å². The molecule has 10 nitrogen and oxygen atoms in total. The predicted octanol–water partition coefficient (Wildman–Crippen LogP) is 5.17. The van der Waals surface area contributed by atoms with E-state index < -0.39 is 23.5 Å². The third-order valence-electron chi connectivity index (χ3n) is 6.14. The molecule has 1 fully saturated rings. The average Bonchev–Trinajstić information content (AvgIpc) is 2.93. The van der Waals surface area contributed by atoms with E-state index in [1.54, 1.807) is 35.2 Å². The molecule has 1 unspecified atom stereocenters. The fraction of sp³-hybridized carbons (Fsp3) is 0.286. The number of nitrogens with zero attached hydrogens (tertiary/aromatic N) is 4. The number of piperazine rings is 1.